The highest BCUT2D eigenvalue weighted by Gasteiger charge is 2.53. The number of hydrazine groups is 1. The molecule has 3 N–H and O–H groups in total. The molecule has 0 unspecified atom stereocenters. The molecule has 0 aromatic heterocycles. The predicted molar refractivity (Wildman–Crippen MR) is 161 cm³/mol. The fraction of sp³-hybridized carbons (Fsp3) is 0.235. The number of rotatable bonds is 13. The third-order valence-electron chi connectivity index (χ3n) is 7.16. The Morgan fingerprint density at radius 3 is 2.39 bits per heavy atom. The Balaban J connectivity index is 1.51. The third-order valence-corrected chi connectivity index (χ3v) is 7.16. The minimum Gasteiger partial charge on any atom is -0.497 e. The largest absolute Gasteiger partial charge is 0.497 e. The lowest BCUT2D eigenvalue weighted by atomic mass is 9.82. The van der Waals surface area contributed by atoms with Crippen LogP contribution in [0.15, 0.2) is 102 Å². The zero-order valence-corrected chi connectivity index (χ0v) is 24.1. The van der Waals surface area contributed by atoms with Crippen LogP contribution in [-0.4, -0.2) is 42.8 Å². The number of ether oxygens (including phenoxy) is 3. The standard InChI is InChI=1S/C34H33F2N3O5/c1-42-30-10-5-9-26(19-30)31-34(21-23-7-3-2-4-8-23,33(41)39-37-22-24-17-27(35)20-28(36)18-24)38-32(44-31)25-11-13-29(14-12-25)43-16-6-15-40/h2-5,7-14,17-20,31,37,40H,6,15-16,21-22H2,1H3,(H,39,41)/t31-,34-/m0/s1. The lowest BCUT2D eigenvalue weighted by molar-refractivity contribution is -0.130. The molecule has 0 spiro atoms. The Bertz CT molecular complexity index is 1580. The quantitative estimate of drug-likeness (QED) is 0.146. The smallest absolute Gasteiger partial charge is 0.266 e. The third kappa shape index (κ3) is 7.21. The van der Waals surface area contributed by atoms with Gasteiger partial charge in [-0.2, -0.15) is 0 Å². The fourth-order valence-corrected chi connectivity index (χ4v) is 5.04. The highest BCUT2D eigenvalue weighted by Crippen LogP contribution is 2.43. The van der Waals surface area contributed by atoms with Gasteiger partial charge in [-0.25, -0.2) is 19.2 Å². The van der Waals surface area contributed by atoms with Crippen molar-refractivity contribution >= 4 is 11.8 Å². The number of hydrogen-bond acceptors (Lipinski definition) is 7. The molecule has 2 atom stereocenters. The second kappa shape index (κ2) is 14.1. The van der Waals surface area contributed by atoms with Gasteiger partial charge in [0.1, 0.15) is 23.1 Å². The van der Waals surface area contributed by atoms with Gasteiger partial charge >= 0.3 is 0 Å². The van der Waals surface area contributed by atoms with E-state index in [0.717, 1.165) is 11.6 Å². The summed E-state index contributed by atoms with van der Waals surface area (Å²) in [7, 11) is 1.56. The summed E-state index contributed by atoms with van der Waals surface area (Å²) in [5.41, 5.74) is 6.52. The summed E-state index contributed by atoms with van der Waals surface area (Å²) < 4.78 is 45.1. The topological polar surface area (TPSA) is 101 Å². The van der Waals surface area contributed by atoms with Crippen molar-refractivity contribution in [1.82, 2.24) is 10.9 Å². The number of aliphatic imine (C=N–C) groups is 1. The summed E-state index contributed by atoms with van der Waals surface area (Å²) in [5, 5.41) is 9.03. The van der Waals surface area contributed by atoms with Crippen molar-refractivity contribution in [2.24, 2.45) is 4.99 Å². The zero-order valence-electron chi connectivity index (χ0n) is 24.1. The van der Waals surface area contributed by atoms with Gasteiger partial charge < -0.3 is 19.3 Å². The molecule has 0 saturated heterocycles. The number of aliphatic hydroxyl groups excluding tert-OH is 1. The predicted octanol–water partition coefficient (Wildman–Crippen LogP) is 5.06. The number of carbonyl (C=O) groups excluding carboxylic acids is 1. The molecule has 5 rings (SSSR count). The van der Waals surface area contributed by atoms with E-state index in [1.165, 1.54) is 12.1 Å². The highest BCUT2D eigenvalue weighted by atomic mass is 19.1. The average molecular weight is 602 g/mol. The van der Waals surface area contributed by atoms with Crippen LogP contribution < -0.4 is 20.3 Å². The van der Waals surface area contributed by atoms with Gasteiger partial charge in [0.2, 0.25) is 5.90 Å². The lowest BCUT2D eigenvalue weighted by Crippen LogP contribution is -2.53. The number of hydrogen-bond donors (Lipinski definition) is 3. The van der Waals surface area contributed by atoms with E-state index in [0.29, 0.717) is 41.2 Å². The number of benzene rings is 4. The molecular weight excluding hydrogens is 568 g/mol. The minimum absolute atomic E-state index is 0.0269. The molecule has 0 radical (unpaired) electrons. The van der Waals surface area contributed by atoms with Crippen LogP contribution in [0.5, 0.6) is 11.5 Å². The van der Waals surface area contributed by atoms with Crippen LogP contribution in [0.4, 0.5) is 8.78 Å². The van der Waals surface area contributed by atoms with Crippen molar-refractivity contribution in [1.29, 1.82) is 0 Å². The van der Waals surface area contributed by atoms with Gasteiger partial charge in [-0.1, -0.05) is 42.5 Å². The Kier molecular flexibility index (Phi) is 9.83. The molecule has 4 aromatic rings. The van der Waals surface area contributed by atoms with Gasteiger partial charge in [-0.05, 0) is 65.2 Å². The second-order valence-electron chi connectivity index (χ2n) is 10.3. The van der Waals surface area contributed by atoms with Crippen LogP contribution in [0.25, 0.3) is 0 Å². The molecule has 0 aliphatic carbocycles. The van der Waals surface area contributed by atoms with Gasteiger partial charge in [-0.3, -0.25) is 10.2 Å². The Hall–Kier alpha value is -4.80. The van der Waals surface area contributed by atoms with Crippen molar-refractivity contribution in [2.45, 2.75) is 31.0 Å². The van der Waals surface area contributed by atoms with Crippen LogP contribution in [0.3, 0.4) is 0 Å². The molecule has 4 aromatic carbocycles. The van der Waals surface area contributed by atoms with E-state index < -0.39 is 29.2 Å². The molecule has 1 amide bonds. The molecule has 1 aliphatic heterocycles. The van der Waals surface area contributed by atoms with Crippen molar-refractivity contribution in [3.05, 3.63) is 131 Å². The summed E-state index contributed by atoms with van der Waals surface area (Å²) in [6, 6.07) is 27.0. The maximum atomic E-state index is 14.2. The number of aliphatic hydroxyl groups is 1. The Morgan fingerprint density at radius 2 is 1.68 bits per heavy atom. The van der Waals surface area contributed by atoms with E-state index in [9.17, 15) is 13.6 Å². The van der Waals surface area contributed by atoms with Gasteiger partial charge in [0, 0.05) is 37.6 Å². The fourth-order valence-electron chi connectivity index (χ4n) is 5.04. The van der Waals surface area contributed by atoms with E-state index in [1.54, 1.807) is 43.5 Å². The van der Waals surface area contributed by atoms with Crippen LogP contribution in [-0.2, 0) is 22.5 Å². The highest BCUT2D eigenvalue weighted by molar-refractivity contribution is 6.01. The van der Waals surface area contributed by atoms with Crippen LogP contribution >= 0.6 is 0 Å². The molecule has 0 fully saturated rings. The first-order valence-corrected chi connectivity index (χ1v) is 14.2. The normalized spacial score (nSPS) is 17.5. The van der Waals surface area contributed by atoms with Crippen molar-refractivity contribution in [3.63, 3.8) is 0 Å². The van der Waals surface area contributed by atoms with E-state index in [-0.39, 0.29) is 25.5 Å². The zero-order chi connectivity index (χ0) is 30.9. The van der Waals surface area contributed by atoms with Gasteiger partial charge in [-0.15, -0.1) is 0 Å². The SMILES string of the molecule is COc1cccc([C@@H]2OC(c3ccc(OCCCO)cc3)=N[C@]2(Cc2ccccc2)C(=O)NNCc2cc(F)cc(F)c2)c1. The lowest BCUT2D eigenvalue weighted by Gasteiger charge is -2.31. The first-order valence-electron chi connectivity index (χ1n) is 14.2. The average Bonchev–Trinajstić information content (AvgIpc) is 3.42. The molecule has 1 heterocycles. The Morgan fingerprint density at radius 1 is 0.932 bits per heavy atom. The summed E-state index contributed by atoms with van der Waals surface area (Å²) in [6.07, 6.45) is -0.162. The van der Waals surface area contributed by atoms with Crippen LogP contribution in [0.2, 0.25) is 0 Å². The summed E-state index contributed by atoms with van der Waals surface area (Å²) >= 11 is 0. The molecule has 228 valence electrons. The maximum Gasteiger partial charge on any atom is 0.266 e. The molecule has 44 heavy (non-hydrogen) atoms. The van der Waals surface area contributed by atoms with Crippen molar-refractivity contribution in [3.8, 4) is 11.5 Å². The van der Waals surface area contributed by atoms with Gasteiger partial charge in [0.15, 0.2) is 11.6 Å². The summed E-state index contributed by atoms with van der Waals surface area (Å²) in [4.78, 5) is 19.2. The summed E-state index contributed by atoms with van der Waals surface area (Å²) in [5.74, 6) is -0.450. The number of carbonyl (C=O) groups is 1. The van der Waals surface area contributed by atoms with E-state index in [2.05, 4.69) is 10.9 Å². The maximum absolute atomic E-state index is 14.2. The molecule has 1 aliphatic rings. The van der Waals surface area contributed by atoms with E-state index in [1.807, 2.05) is 42.5 Å². The summed E-state index contributed by atoms with van der Waals surface area (Å²) in [6.45, 7) is 0.385. The molecule has 8 nitrogen and oxygen atoms in total. The van der Waals surface area contributed by atoms with Crippen LogP contribution in [0.1, 0.15) is 34.8 Å². The number of nitrogens with one attached hydrogen (secondary N) is 2. The van der Waals surface area contributed by atoms with Crippen molar-refractivity contribution < 1.29 is 32.9 Å². The first kappa shape index (κ1) is 30.7. The first-order chi connectivity index (χ1) is 21.4. The van der Waals surface area contributed by atoms with Gasteiger partial charge in [0.05, 0.1) is 13.7 Å². The van der Waals surface area contributed by atoms with Gasteiger partial charge in [0.25, 0.3) is 5.91 Å². The van der Waals surface area contributed by atoms with E-state index in [4.69, 9.17) is 24.3 Å². The monoisotopic (exact) mass is 601 g/mol. The molecule has 0 bridgehead atoms. The second-order valence-corrected chi connectivity index (χ2v) is 10.3. The number of amides is 1. The molecule has 10 heteroatoms. The van der Waals surface area contributed by atoms with E-state index >= 15 is 0 Å². The Labute approximate surface area is 254 Å². The molecule has 0 saturated carbocycles. The number of halogens is 2. The molecular formula is C34H33F2N3O5. The van der Waals surface area contributed by atoms with Crippen LogP contribution in [0, 0.1) is 11.6 Å². The van der Waals surface area contributed by atoms with Crippen molar-refractivity contribution in [2.75, 3.05) is 20.3 Å². The number of methoxy groups -OCH3 is 1. The number of nitrogens with zero attached hydrogens (tertiary/aromatic N) is 1. The minimum atomic E-state index is -1.49.